The fourth-order valence-corrected chi connectivity index (χ4v) is 2.78. The molecule has 0 N–H and O–H groups in total. The van der Waals surface area contributed by atoms with E-state index in [2.05, 4.69) is 0 Å². The maximum Gasteiger partial charge on any atom is 0.338 e. The SMILES string of the molecule is CC[C@H]1O[C@H](OC(C)=O)[C@H](OC(=O)c2ccccc2)C1(C)C. The van der Waals surface area contributed by atoms with E-state index in [0.717, 1.165) is 6.42 Å². The summed E-state index contributed by atoms with van der Waals surface area (Å²) < 4.78 is 16.6. The van der Waals surface area contributed by atoms with Gasteiger partial charge in [-0.2, -0.15) is 0 Å². The van der Waals surface area contributed by atoms with Crippen molar-refractivity contribution in [1.29, 1.82) is 0 Å². The molecule has 1 aromatic rings. The van der Waals surface area contributed by atoms with Crippen molar-refractivity contribution in [3.05, 3.63) is 35.9 Å². The van der Waals surface area contributed by atoms with Gasteiger partial charge in [0.1, 0.15) is 0 Å². The van der Waals surface area contributed by atoms with Gasteiger partial charge in [-0.25, -0.2) is 4.79 Å². The fourth-order valence-electron chi connectivity index (χ4n) is 2.78. The van der Waals surface area contributed by atoms with Gasteiger partial charge in [-0.05, 0) is 18.6 Å². The second-order valence-electron chi connectivity index (χ2n) is 6.02. The van der Waals surface area contributed by atoms with Crippen LogP contribution in [0.25, 0.3) is 0 Å². The van der Waals surface area contributed by atoms with E-state index in [0.29, 0.717) is 5.56 Å². The minimum Gasteiger partial charge on any atom is -0.451 e. The second kappa shape index (κ2) is 6.48. The predicted octanol–water partition coefficient (Wildman–Crippen LogP) is 2.94. The second-order valence-corrected chi connectivity index (χ2v) is 6.02. The average Bonchev–Trinajstić information content (AvgIpc) is 2.71. The lowest BCUT2D eigenvalue weighted by atomic mass is 9.81. The molecule has 3 atom stereocenters. The van der Waals surface area contributed by atoms with Crippen molar-refractivity contribution in [3.8, 4) is 0 Å². The van der Waals surface area contributed by atoms with Crippen molar-refractivity contribution < 1.29 is 23.8 Å². The normalized spacial score (nSPS) is 26.5. The van der Waals surface area contributed by atoms with E-state index in [4.69, 9.17) is 14.2 Å². The molecular formula is C17H22O5. The summed E-state index contributed by atoms with van der Waals surface area (Å²) in [4.78, 5) is 23.6. The van der Waals surface area contributed by atoms with Gasteiger partial charge in [0.15, 0.2) is 6.10 Å². The van der Waals surface area contributed by atoms with Crippen LogP contribution in [0.2, 0.25) is 0 Å². The molecule has 1 aliphatic heterocycles. The van der Waals surface area contributed by atoms with E-state index >= 15 is 0 Å². The Labute approximate surface area is 130 Å². The van der Waals surface area contributed by atoms with Crippen molar-refractivity contribution in [2.45, 2.75) is 52.6 Å². The van der Waals surface area contributed by atoms with Crippen molar-refractivity contribution >= 4 is 11.9 Å². The Morgan fingerprint density at radius 3 is 2.36 bits per heavy atom. The average molecular weight is 306 g/mol. The predicted molar refractivity (Wildman–Crippen MR) is 80.1 cm³/mol. The molecular weight excluding hydrogens is 284 g/mol. The minimum absolute atomic E-state index is 0.148. The van der Waals surface area contributed by atoms with Gasteiger partial charge in [-0.3, -0.25) is 4.79 Å². The first-order valence-electron chi connectivity index (χ1n) is 7.45. The van der Waals surface area contributed by atoms with Crippen molar-refractivity contribution in [2.24, 2.45) is 5.41 Å². The molecule has 5 nitrogen and oxygen atoms in total. The first-order valence-corrected chi connectivity index (χ1v) is 7.45. The van der Waals surface area contributed by atoms with Gasteiger partial charge in [0.2, 0.25) is 6.29 Å². The van der Waals surface area contributed by atoms with Gasteiger partial charge in [-0.1, -0.05) is 39.0 Å². The van der Waals surface area contributed by atoms with Crippen LogP contribution in [0.1, 0.15) is 44.5 Å². The first kappa shape index (κ1) is 16.5. The molecule has 0 aromatic heterocycles. The lowest BCUT2D eigenvalue weighted by Crippen LogP contribution is -2.40. The zero-order chi connectivity index (χ0) is 16.3. The van der Waals surface area contributed by atoms with Crippen LogP contribution in [0.3, 0.4) is 0 Å². The van der Waals surface area contributed by atoms with Gasteiger partial charge >= 0.3 is 11.9 Å². The topological polar surface area (TPSA) is 61.8 Å². The van der Waals surface area contributed by atoms with E-state index in [-0.39, 0.29) is 6.10 Å². The highest BCUT2D eigenvalue weighted by Gasteiger charge is 2.53. The summed E-state index contributed by atoms with van der Waals surface area (Å²) in [5, 5.41) is 0. The van der Waals surface area contributed by atoms with Gasteiger partial charge in [0, 0.05) is 12.3 Å². The molecule has 0 saturated carbocycles. The van der Waals surface area contributed by atoms with Crippen LogP contribution < -0.4 is 0 Å². The summed E-state index contributed by atoms with van der Waals surface area (Å²) in [5.41, 5.74) is 0.0130. The molecule has 0 amide bonds. The zero-order valence-corrected chi connectivity index (χ0v) is 13.4. The molecule has 1 saturated heterocycles. The summed E-state index contributed by atoms with van der Waals surface area (Å²) in [5.74, 6) is -0.908. The van der Waals surface area contributed by atoms with E-state index in [9.17, 15) is 9.59 Å². The smallest absolute Gasteiger partial charge is 0.338 e. The summed E-state index contributed by atoms with van der Waals surface area (Å²) in [6.07, 6.45) is -0.922. The van der Waals surface area contributed by atoms with Gasteiger partial charge in [-0.15, -0.1) is 0 Å². The van der Waals surface area contributed by atoms with Crippen molar-refractivity contribution in [1.82, 2.24) is 0 Å². The third-order valence-corrected chi connectivity index (χ3v) is 4.01. The van der Waals surface area contributed by atoms with Crippen LogP contribution >= 0.6 is 0 Å². The number of benzene rings is 1. The Morgan fingerprint density at radius 1 is 1.18 bits per heavy atom. The maximum atomic E-state index is 12.3. The van der Waals surface area contributed by atoms with Crippen LogP contribution in [-0.4, -0.2) is 30.4 Å². The Kier molecular flexibility index (Phi) is 4.86. The molecule has 1 aromatic carbocycles. The van der Waals surface area contributed by atoms with Crippen molar-refractivity contribution in [2.75, 3.05) is 0 Å². The van der Waals surface area contributed by atoms with Crippen LogP contribution in [0.4, 0.5) is 0 Å². The quantitative estimate of drug-likeness (QED) is 0.800. The molecule has 5 heteroatoms. The monoisotopic (exact) mass is 306 g/mol. The zero-order valence-electron chi connectivity index (χ0n) is 13.4. The van der Waals surface area contributed by atoms with E-state index < -0.39 is 29.7 Å². The third-order valence-electron chi connectivity index (χ3n) is 4.01. The molecule has 0 aliphatic carbocycles. The number of hydrogen-bond donors (Lipinski definition) is 0. The number of esters is 2. The molecule has 0 spiro atoms. The van der Waals surface area contributed by atoms with Gasteiger partial charge < -0.3 is 14.2 Å². The highest BCUT2D eigenvalue weighted by Crippen LogP contribution is 2.42. The minimum atomic E-state index is -0.870. The summed E-state index contributed by atoms with van der Waals surface area (Å²) in [6.45, 7) is 7.20. The van der Waals surface area contributed by atoms with Gasteiger partial charge in [0.05, 0.1) is 11.7 Å². The number of carbonyl (C=O) groups excluding carboxylic acids is 2. The lowest BCUT2D eigenvalue weighted by molar-refractivity contribution is -0.186. The molecule has 1 fully saturated rings. The lowest BCUT2D eigenvalue weighted by Gasteiger charge is -2.30. The highest BCUT2D eigenvalue weighted by molar-refractivity contribution is 5.89. The molecule has 0 unspecified atom stereocenters. The Balaban J connectivity index is 2.20. The highest BCUT2D eigenvalue weighted by atomic mass is 16.7. The summed E-state index contributed by atoms with van der Waals surface area (Å²) in [7, 11) is 0. The van der Waals surface area contributed by atoms with E-state index in [1.54, 1.807) is 24.3 Å². The molecule has 1 heterocycles. The third kappa shape index (κ3) is 3.30. The standard InChI is InChI=1S/C17H22O5/c1-5-13-17(3,4)14(16(21-13)20-11(2)18)22-15(19)12-9-7-6-8-10-12/h6-10,13-14,16H,5H2,1-4H3/t13-,14+,16+/m1/s1. The molecule has 0 bridgehead atoms. The van der Waals surface area contributed by atoms with Crippen LogP contribution in [0, 0.1) is 5.41 Å². The Morgan fingerprint density at radius 2 is 1.82 bits per heavy atom. The molecule has 1 aliphatic rings. The fraction of sp³-hybridized carbons (Fsp3) is 0.529. The maximum absolute atomic E-state index is 12.3. The summed E-state index contributed by atoms with van der Waals surface area (Å²) in [6, 6.07) is 8.73. The Hall–Kier alpha value is -1.88. The largest absolute Gasteiger partial charge is 0.451 e. The molecule has 0 radical (unpaired) electrons. The Bertz CT molecular complexity index is 537. The molecule has 120 valence electrons. The van der Waals surface area contributed by atoms with Crippen LogP contribution in [0.15, 0.2) is 30.3 Å². The number of hydrogen-bond acceptors (Lipinski definition) is 5. The summed E-state index contributed by atoms with van der Waals surface area (Å²) >= 11 is 0. The molecule has 22 heavy (non-hydrogen) atoms. The number of rotatable bonds is 4. The molecule has 2 rings (SSSR count). The van der Waals surface area contributed by atoms with Crippen LogP contribution in [-0.2, 0) is 19.0 Å². The van der Waals surface area contributed by atoms with Gasteiger partial charge in [0.25, 0.3) is 0 Å². The van der Waals surface area contributed by atoms with Crippen LogP contribution in [0.5, 0.6) is 0 Å². The van der Waals surface area contributed by atoms with Crippen molar-refractivity contribution in [3.63, 3.8) is 0 Å². The van der Waals surface area contributed by atoms with E-state index in [1.165, 1.54) is 6.92 Å². The number of ether oxygens (including phenoxy) is 3. The van der Waals surface area contributed by atoms with E-state index in [1.807, 2.05) is 26.8 Å². The number of carbonyl (C=O) groups is 2. The first-order chi connectivity index (χ1) is 10.4.